The molecule has 0 bridgehead atoms. The van der Waals surface area contributed by atoms with Crippen molar-refractivity contribution in [3.05, 3.63) is 120 Å². The van der Waals surface area contributed by atoms with E-state index in [2.05, 4.69) is 95.3 Å². The van der Waals surface area contributed by atoms with Crippen LogP contribution < -0.4 is 15.9 Å². The minimum Gasteiger partial charge on any atom is -0.748 e. The molecule has 0 saturated carbocycles. The van der Waals surface area contributed by atoms with Gasteiger partial charge in [-0.15, -0.1) is 23.0 Å². The van der Waals surface area contributed by atoms with Crippen LogP contribution in [0, 0.1) is 0 Å². The Morgan fingerprint density at radius 3 is 1.59 bits per heavy atom. The van der Waals surface area contributed by atoms with Crippen LogP contribution in [0.5, 0.6) is 0 Å². The molecular weight excluding hydrogens is 455 g/mol. The molecule has 27 heavy (non-hydrogen) atoms. The monoisotopic (exact) mass is 474 g/mol. The molecule has 0 aliphatic heterocycles. The average Bonchev–Trinajstić information content (AvgIpc) is 3.38. The van der Waals surface area contributed by atoms with Gasteiger partial charge < -0.3 is 30.3 Å². The zero-order valence-electron chi connectivity index (χ0n) is 14.8. The first-order chi connectivity index (χ1) is 12.8. The van der Waals surface area contributed by atoms with Crippen molar-refractivity contribution in [3.8, 4) is 0 Å². The molecule has 0 heterocycles. The second-order valence-electron chi connectivity index (χ2n) is 5.66. The third-order valence-corrected chi connectivity index (χ3v) is 7.62. The predicted octanol–water partition coefficient (Wildman–Crippen LogP) is 5.97. The average molecular weight is 475 g/mol. The number of hydrogen-bond acceptors (Lipinski definition) is 0. The van der Waals surface area contributed by atoms with Crippen molar-refractivity contribution in [2.24, 2.45) is 0 Å². The molecule has 0 radical (unpaired) electrons. The molecule has 0 aliphatic rings. The summed E-state index contributed by atoms with van der Waals surface area (Å²) in [5.74, 6) is 0. The Labute approximate surface area is 182 Å². The maximum atomic E-state index is 3.89. The van der Waals surface area contributed by atoms with Crippen LogP contribution in [0.4, 0.5) is 0 Å². The Hall–Kier alpha value is -1.69. The van der Waals surface area contributed by atoms with Gasteiger partial charge >= 0.3 is 0 Å². The molecule has 0 N–H and O–H groups in total. The first-order valence-electron chi connectivity index (χ1n) is 8.46. The number of halogens is 1. The second-order valence-corrected chi connectivity index (χ2v) is 8.64. The van der Waals surface area contributed by atoms with Gasteiger partial charge in [-0.2, -0.15) is 12.6 Å². The van der Waals surface area contributed by atoms with E-state index in [-0.39, 0.29) is 17.1 Å². The summed E-state index contributed by atoms with van der Waals surface area (Å²) >= 11 is 3.75. The van der Waals surface area contributed by atoms with Crippen LogP contribution in [0.2, 0.25) is 0 Å². The zero-order chi connectivity index (χ0) is 18.2. The fraction of sp³-hybridized carbons (Fsp3) is 0. The SMILES string of the molecule is C=C[c-]1ccc(P(c2ccccc2)c2ccccc2)c1Br.[Fe].[cH-]1[cH-][cH-][cH-][cH-]1. The molecule has 0 fully saturated rings. The third kappa shape index (κ3) is 5.64. The molecule has 0 spiro atoms. The summed E-state index contributed by atoms with van der Waals surface area (Å²) in [6.07, 6.45) is 1.90. The van der Waals surface area contributed by atoms with Gasteiger partial charge in [-0.3, -0.25) is 0 Å². The van der Waals surface area contributed by atoms with E-state index in [9.17, 15) is 0 Å². The van der Waals surface area contributed by atoms with Crippen molar-refractivity contribution < 1.29 is 17.1 Å². The molecule has 0 aliphatic carbocycles. The van der Waals surface area contributed by atoms with Crippen molar-refractivity contribution >= 4 is 45.8 Å². The molecule has 142 valence electrons. The van der Waals surface area contributed by atoms with Gasteiger partial charge in [0.25, 0.3) is 0 Å². The Morgan fingerprint density at radius 2 is 1.22 bits per heavy atom. The fourth-order valence-electron chi connectivity index (χ4n) is 2.70. The van der Waals surface area contributed by atoms with Crippen molar-refractivity contribution in [2.75, 3.05) is 0 Å². The van der Waals surface area contributed by atoms with Crippen molar-refractivity contribution in [1.82, 2.24) is 0 Å². The van der Waals surface area contributed by atoms with Crippen LogP contribution in [-0.4, -0.2) is 0 Å². The van der Waals surface area contributed by atoms with E-state index in [1.165, 1.54) is 15.9 Å². The summed E-state index contributed by atoms with van der Waals surface area (Å²) < 4.78 is 1.16. The Kier molecular flexibility index (Phi) is 8.98. The quantitative estimate of drug-likeness (QED) is 0.194. The molecule has 0 saturated heterocycles. The summed E-state index contributed by atoms with van der Waals surface area (Å²) in [6, 6.07) is 35.8. The normalized spacial score (nSPS) is 9.85. The fourth-order valence-corrected chi connectivity index (χ4v) is 6.00. The van der Waals surface area contributed by atoms with Crippen molar-refractivity contribution in [2.45, 2.75) is 0 Å². The zero-order valence-corrected chi connectivity index (χ0v) is 18.4. The van der Waals surface area contributed by atoms with Crippen molar-refractivity contribution in [3.63, 3.8) is 0 Å². The molecule has 4 rings (SSSR count). The first kappa shape index (κ1) is 21.6. The smallest absolute Gasteiger partial charge is 0 e. The number of rotatable bonds is 4. The third-order valence-electron chi connectivity index (χ3n) is 3.94. The van der Waals surface area contributed by atoms with E-state index >= 15 is 0 Å². The molecule has 0 amide bonds. The van der Waals surface area contributed by atoms with Gasteiger partial charge in [0.1, 0.15) is 0 Å². The standard InChI is InChI=1S/C19H15BrP.C5H5.Fe/c1-2-15-13-14-18(19(15)20)21(16-9-5-3-6-10-16)17-11-7-4-8-12-17;1-2-4-5-3-1;/h2-14H,1H2;1-5H;/q-1;-5;. The van der Waals surface area contributed by atoms with E-state index in [0.717, 1.165) is 10.0 Å². The maximum absolute atomic E-state index is 3.89. The Morgan fingerprint density at radius 1 is 0.778 bits per heavy atom. The van der Waals surface area contributed by atoms with E-state index in [0.29, 0.717) is 0 Å². The van der Waals surface area contributed by atoms with Crippen LogP contribution in [0.1, 0.15) is 5.56 Å². The summed E-state index contributed by atoms with van der Waals surface area (Å²) in [6.45, 7) is 3.89. The second kappa shape index (κ2) is 11.2. The van der Waals surface area contributed by atoms with Crippen LogP contribution in [0.25, 0.3) is 6.08 Å². The van der Waals surface area contributed by atoms with E-state index in [4.69, 9.17) is 0 Å². The molecule has 3 heteroatoms. The molecule has 0 nitrogen and oxygen atoms in total. The Bertz CT molecular complexity index is 855. The minimum atomic E-state index is -0.546. The van der Waals surface area contributed by atoms with E-state index in [1.54, 1.807) is 0 Å². The Balaban J connectivity index is 0.000000379. The van der Waals surface area contributed by atoms with Gasteiger partial charge in [0.2, 0.25) is 0 Å². The van der Waals surface area contributed by atoms with Crippen LogP contribution in [0.3, 0.4) is 0 Å². The first-order valence-corrected chi connectivity index (χ1v) is 10.6. The summed E-state index contributed by atoms with van der Waals surface area (Å²) in [4.78, 5) is 0. The van der Waals surface area contributed by atoms with Gasteiger partial charge in [-0.25, -0.2) is 0 Å². The van der Waals surface area contributed by atoms with Gasteiger partial charge in [0, 0.05) is 17.1 Å². The summed E-state index contributed by atoms with van der Waals surface area (Å²) in [7, 11) is -0.546. The molecule has 0 aromatic heterocycles. The number of hydrogen-bond donors (Lipinski definition) is 0. The van der Waals surface area contributed by atoms with Crippen LogP contribution in [-0.2, 0) is 17.1 Å². The molecule has 4 aromatic carbocycles. The minimum absolute atomic E-state index is 0. The largest absolute Gasteiger partial charge is 0.748 e. The molecule has 0 atom stereocenters. The van der Waals surface area contributed by atoms with Gasteiger partial charge in [-0.05, 0) is 10.6 Å². The van der Waals surface area contributed by atoms with Crippen LogP contribution in [0.15, 0.2) is 114 Å². The molecule has 4 aromatic rings. The summed E-state index contributed by atoms with van der Waals surface area (Å²) in [5, 5.41) is 4.07. The molecular formula is C24H20BrFeP-6. The summed E-state index contributed by atoms with van der Waals surface area (Å²) in [5.41, 5.74) is 1.16. The topological polar surface area (TPSA) is 0 Å². The maximum Gasteiger partial charge on any atom is 0 e. The number of benzene rings is 2. The van der Waals surface area contributed by atoms with E-state index in [1.807, 2.05) is 36.4 Å². The van der Waals surface area contributed by atoms with Gasteiger partial charge in [-0.1, -0.05) is 89.0 Å². The van der Waals surface area contributed by atoms with Gasteiger partial charge in [0.15, 0.2) is 0 Å². The molecule has 0 unspecified atom stereocenters. The van der Waals surface area contributed by atoms with E-state index < -0.39 is 7.92 Å². The van der Waals surface area contributed by atoms with Crippen LogP contribution >= 0.6 is 23.9 Å². The van der Waals surface area contributed by atoms with Gasteiger partial charge in [0.05, 0.1) is 0 Å². The van der Waals surface area contributed by atoms with Crippen molar-refractivity contribution in [1.29, 1.82) is 0 Å². The predicted molar refractivity (Wildman–Crippen MR) is 121 cm³/mol.